The lowest BCUT2D eigenvalue weighted by atomic mass is 9.85. The number of nitrogens with one attached hydrogen (secondary N) is 1. The van der Waals surface area contributed by atoms with Gasteiger partial charge in [0.05, 0.1) is 6.54 Å². The Bertz CT molecular complexity index is 1030. The molecular formula is C25H33NO5. The van der Waals surface area contributed by atoms with Crippen LogP contribution >= 0.6 is 0 Å². The Labute approximate surface area is 183 Å². The molecule has 0 spiro atoms. The van der Waals surface area contributed by atoms with E-state index in [1.807, 2.05) is 39.8 Å². The van der Waals surface area contributed by atoms with Crippen molar-refractivity contribution in [3.05, 3.63) is 52.4 Å². The van der Waals surface area contributed by atoms with Gasteiger partial charge in [0.25, 0.3) is 0 Å². The Kier molecular flexibility index (Phi) is 6.60. The lowest BCUT2D eigenvalue weighted by Crippen LogP contribution is -2.45. The standard InChI is InChI=1S/C25H33NO5/c1-7-9-10-26-15-22(27)31-25(5,6)21-13-17-11-16-12-18(24(3,4)8-2)23(28)30-20(16)14-19(17)29-21/h8,11-12,14,21,26H,2,7,9-10,13,15H2,1,3-6H3/t21-/m1/s1. The maximum absolute atomic E-state index is 12.5. The topological polar surface area (TPSA) is 77.8 Å². The smallest absolute Gasteiger partial charge is 0.340 e. The van der Waals surface area contributed by atoms with Crippen molar-refractivity contribution in [2.24, 2.45) is 0 Å². The van der Waals surface area contributed by atoms with Crippen LogP contribution in [0.1, 0.15) is 58.6 Å². The van der Waals surface area contributed by atoms with E-state index < -0.39 is 11.0 Å². The molecule has 1 N–H and O–H groups in total. The third-order valence-corrected chi connectivity index (χ3v) is 5.92. The SMILES string of the molecule is C=CC(C)(C)c1cc2cc3c(cc2oc1=O)O[C@@H](C(C)(C)OC(=O)CNCCCC)C3. The molecule has 1 aliphatic heterocycles. The van der Waals surface area contributed by atoms with E-state index in [0.717, 1.165) is 30.3 Å². The minimum atomic E-state index is -0.800. The molecule has 0 unspecified atom stereocenters. The third-order valence-electron chi connectivity index (χ3n) is 5.92. The largest absolute Gasteiger partial charge is 0.485 e. The second kappa shape index (κ2) is 8.87. The van der Waals surface area contributed by atoms with Gasteiger partial charge in [0.15, 0.2) is 0 Å². The average molecular weight is 428 g/mol. The normalized spacial score (nSPS) is 16.1. The first-order valence-corrected chi connectivity index (χ1v) is 10.9. The van der Waals surface area contributed by atoms with E-state index in [1.54, 1.807) is 12.1 Å². The number of allylic oxidation sites excluding steroid dienone is 1. The van der Waals surface area contributed by atoms with E-state index in [1.165, 1.54) is 0 Å². The van der Waals surface area contributed by atoms with E-state index in [9.17, 15) is 9.59 Å². The van der Waals surface area contributed by atoms with Crippen LogP contribution in [0.4, 0.5) is 0 Å². The predicted octanol–water partition coefficient (Wildman–Crippen LogP) is 4.27. The fourth-order valence-corrected chi connectivity index (χ4v) is 3.69. The summed E-state index contributed by atoms with van der Waals surface area (Å²) in [6.45, 7) is 14.5. The van der Waals surface area contributed by atoms with Crippen molar-refractivity contribution in [2.75, 3.05) is 13.1 Å². The molecule has 2 aromatic rings. The van der Waals surface area contributed by atoms with Crippen LogP contribution in [0, 0.1) is 0 Å². The number of unbranched alkanes of at least 4 members (excludes halogenated alkanes) is 1. The van der Waals surface area contributed by atoms with E-state index in [2.05, 4.69) is 18.8 Å². The number of ether oxygens (including phenoxy) is 2. The highest BCUT2D eigenvalue weighted by Gasteiger charge is 2.40. The molecule has 1 aromatic carbocycles. The molecule has 3 rings (SSSR count). The van der Waals surface area contributed by atoms with Gasteiger partial charge in [-0.1, -0.05) is 33.3 Å². The monoisotopic (exact) mass is 427 g/mol. The fourth-order valence-electron chi connectivity index (χ4n) is 3.69. The average Bonchev–Trinajstić information content (AvgIpc) is 3.12. The first-order valence-electron chi connectivity index (χ1n) is 10.9. The Balaban J connectivity index is 1.78. The van der Waals surface area contributed by atoms with Crippen molar-refractivity contribution in [2.45, 2.75) is 71.0 Å². The number of esters is 1. The highest BCUT2D eigenvalue weighted by Crippen LogP contribution is 2.38. The minimum Gasteiger partial charge on any atom is -0.485 e. The molecule has 6 heteroatoms. The number of carbonyl (C=O) groups is 1. The zero-order chi connectivity index (χ0) is 22.8. The van der Waals surface area contributed by atoms with Gasteiger partial charge < -0.3 is 19.2 Å². The molecule has 0 fully saturated rings. The number of carbonyl (C=O) groups excluding carboxylic acids is 1. The van der Waals surface area contributed by atoms with Crippen molar-refractivity contribution in [1.29, 1.82) is 0 Å². The summed E-state index contributed by atoms with van der Waals surface area (Å²) in [5, 5.41) is 3.94. The summed E-state index contributed by atoms with van der Waals surface area (Å²) in [5.41, 5.74) is 0.369. The minimum absolute atomic E-state index is 0.181. The predicted molar refractivity (Wildman–Crippen MR) is 122 cm³/mol. The lowest BCUT2D eigenvalue weighted by molar-refractivity contribution is -0.163. The van der Waals surface area contributed by atoms with Gasteiger partial charge in [0, 0.05) is 28.9 Å². The molecule has 0 aliphatic carbocycles. The van der Waals surface area contributed by atoms with Crippen molar-refractivity contribution in [3.63, 3.8) is 0 Å². The van der Waals surface area contributed by atoms with Crippen LogP contribution in [-0.2, 0) is 21.4 Å². The zero-order valence-electron chi connectivity index (χ0n) is 19.2. The van der Waals surface area contributed by atoms with E-state index >= 15 is 0 Å². The second-order valence-electron chi connectivity index (χ2n) is 9.29. The van der Waals surface area contributed by atoms with Gasteiger partial charge in [-0.3, -0.25) is 4.79 Å². The summed E-state index contributed by atoms with van der Waals surface area (Å²) in [6.07, 6.45) is 4.12. The van der Waals surface area contributed by atoms with Crippen molar-refractivity contribution >= 4 is 16.9 Å². The van der Waals surface area contributed by atoms with Gasteiger partial charge in [-0.2, -0.15) is 0 Å². The molecule has 0 radical (unpaired) electrons. The Morgan fingerprint density at radius 1 is 1.29 bits per heavy atom. The maximum atomic E-state index is 12.5. The molecule has 1 aliphatic rings. The molecule has 0 saturated carbocycles. The number of rotatable bonds is 9. The molecule has 168 valence electrons. The number of fused-ring (bicyclic) bond motifs is 2. The van der Waals surface area contributed by atoms with Crippen LogP contribution in [0.2, 0.25) is 0 Å². The van der Waals surface area contributed by atoms with E-state index in [4.69, 9.17) is 13.9 Å². The van der Waals surface area contributed by atoms with Gasteiger partial charge in [-0.15, -0.1) is 6.58 Å². The van der Waals surface area contributed by atoms with Gasteiger partial charge in [0.1, 0.15) is 23.0 Å². The van der Waals surface area contributed by atoms with Gasteiger partial charge in [-0.25, -0.2) is 4.79 Å². The molecule has 6 nitrogen and oxygen atoms in total. The highest BCUT2D eigenvalue weighted by atomic mass is 16.6. The number of benzene rings is 1. The third kappa shape index (κ3) is 5.01. The highest BCUT2D eigenvalue weighted by molar-refractivity contribution is 5.81. The van der Waals surface area contributed by atoms with Crippen molar-refractivity contribution in [3.8, 4) is 5.75 Å². The molecule has 0 saturated heterocycles. The van der Waals surface area contributed by atoms with Crippen LogP contribution in [0.3, 0.4) is 0 Å². The summed E-state index contributed by atoms with van der Waals surface area (Å²) >= 11 is 0. The fraction of sp³-hybridized carbons (Fsp3) is 0.520. The van der Waals surface area contributed by atoms with Crippen molar-refractivity contribution < 1.29 is 18.7 Å². The Hall–Kier alpha value is -2.60. The maximum Gasteiger partial charge on any atom is 0.340 e. The van der Waals surface area contributed by atoms with Crippen LogP contribution in [0.25, 0.3) is 11.0 Å². The molecule has 0 bridgehead atoms. The molecule has 1 atom stereocenters. The zero-order valence-corrected chi connectivity index (χ0v) is 19.2. The summed E-state index contributed by atoms with van der Waals surface area (Å²) < 4.78 is 17.4. The van der Waals surface area contributed by atoms with Crippen LogP contribution in [0.5, 0.6) is 5.75 Å². The van der Waals surface area contributed by atoms with Crippen molar-refractivity contribution in [1.82, 2.24) is 5.32 Å². The summed E-state index contributed by atoms with van der Waals surface area (Å²) in [4.78, 5) is 24.7. The summed E-state index contributed by atoms with van der Waals surface area (Å²) in [6, 6.07) is 5.60. The first-order chi connectivity index (χ1) is 14.6. The molecule has 2 heterocycles. The van der Waals surface area contributed by atoms with Crippen LogP contribution < -0.4 is 15.7 Å². The Morgan fingerprint density at radius 3 is 2.71 bits per heavy atom. The lowest BCUT2D eigenvalue weighted by Gasteiger charge is -2.30. The van der Waals surface area contributed by atoms with Gasteiger partial charge >= 0.3 is 11.6 Å². The number of hydrogen-bond donors (Lipinski definition) is 1. The summed E-state index contributed by atoms with van der Waals surface area (Å²) in [5.74, 6) is 0.356. The quantitative estimate of drug-likeness (QED) is 0.279. The van der Waals surface area contributed by atoms with Crippen LogP contribution in [0.15, 0.2) is 40.1 Å². The molecule has 1 aromatic heterocycles. The van der Waals surface area contributed by atoms with Crippen LogP contribution in [-0.4, -0.2) is 30.8 Å². The summed E-state index contributed by atoms with van der Waals surface area (Å²) in [7, 11) is 0. The molecular weight excluding hydrogens is 394 g/mol. The Morgan fingerprint density at radius 2 is 2.03 bits per heavy atom. The van der Waals surface area contributed by atoms with Gasteiger partial charge in [-0.05, 0) is 44.5 Å². The van der Waals surface area contributed by atoms with E-state index in [0.29, 0.717) is 23.3 Å². The number of hydrogen-bond acceptors (Lipinski definition) is 6. The molecule has 0 amide bonds. The second-order valence-corrected chi connectivity index (χ2v) is 9.29. The molecule has 31 heavy (non-hydrogen) atoms. The van der Waals surface area contributed by atoms with Gasteiger partial charge in [0.2, 0.25) is 0 Å². The first kappa shape index (κ1) is 23.1. The van der Waals surface area contributed by atoms with E-state index in [-0.39, 0.29) is 24.2 Å².